The van der Waals surface area contributed by atoms with Gasteiger partial charge in [0.1, 0.15) is 0 Å². The molecule has 2 amide bonds. The minimum Gasteiger partial charge on any atom is -0.453 e. The third-order valence-electron chi connectivity index (χ3n) is 5.41. The molecule has 2 heterocycles. The van der Waals surface area contributed by atoms with Gasteiger partial charge in [0.2, 0.25) is 5.91 Å². The molecule has 1 fully saturated rings. The number of hydrogen-bond donors (Lipinski definition) is 0. The smallest absolute Gasteiger partial charge is 0.344 e. The van der Waals surface area contributed by atoms with E-state index in [4.69, 9.17) is 4.74 Å². The second-order valence-corrected chi connectivity index (χ2v) is 8.66. The average Bonchev–Trinajstić information content (AvgIpc) is 3.23. The third-order valence-corrected chi connectivity index (χ3v) is 6.87. The number of benzene rings is 2. The molecule has 6 nitrogen and oxygen atoms in total. The highest BCUT2D eigenvalue weighted by atomic mass is 32.2. The van der Waals surface area contributed by atoms with E-state index in [1.54, 1.807) is 11.9 Å². The van der Waals surface area contributed by atoms with Gasteiger partial charge < -0.3 is 9.64 Å². The van der Waals surface area contributed by atoms with Crippen molar-refractivity contribution in [2.45, 2.75) is 36.1 Å². The van der Waals surface area contributed by atoms with Crippen LogP contribution in [0.25, 0.3) is 0 Å². The minimum absolute atomic E-state index is 0.0950. The number of ether oxygens (including phenoxy) is 1. The lowest BCUT2D eigenvalue weighted by Gasteiger charge is -2.28. The number of thioether (sulfide) groups is 1. The standard InChI is InChI=1S/C22H22N2O4S/c1-15-7-3-4-8-16(15)13-23(2)20(26)14-28-21(27)22-12-11-19(25)24(22)17-9-5-6-10-18(17)29-22/h3-10H,11-14H2,1-2H3. The summed E-state index contributed by atoms with van der Waals surface area (Å²) in [5.41, 5.74) is 2.88. The van der Waals surface area contributed by atoms with Gasteiger partial charge in [0.15, 0.2) is 11.5 Å². The molecule has 0 N–H and O–H groups in total. The number of rotatable bonds is 5. The van der Waals surface area contributed by atoms with Gasteiger partial charge in [0, 0.05) is 31.3 Å². The van der Waals surface area contributed by atoms with Crippen molar-refractivity contribution in [2.75, 3.05) is 18.6 Å². The Kier molecular flexibility index (Phi) is 5.08. The summed E-state index contributed by atoms with van der Waals surface area (Å²) in [5, 5.41) is 0. The van der Waals surface area contributed by atoms with Crippen molar-refractivity contribution in [3.63, 3.8) is 0 Å². The van der Waals surface area contributed by atoms with Gasteiger partial charge in [-0.1, -0.05) is 48.2 Å². The monoisotopic (exact) mass is 410 g/mol. The van der Waals surface area contributed by atoms with Crippen LogP contribution in [0.2, 0.25) is 0 Å². The summed E-state index contributed by atoms with van der Waals surface area (Å²) in [6.45, 7) is 2.09. The van der Waals surface area contributed by atoms with Gasteiger partial charge in [-0.2, -0.15) is 0 Å². The lowest BCUT2D eigenvalue weighted by atomic mass is 10.1. The fourth-order valence-electron chi connectivity index (χ4n) is 3.75. The van der Waals surface area contributed by atoms with Crippen LogP contribution < -0.4 is 4.90 Å². The number of amides is 2. The number of carbonyl (C=O) groups excluding carboxylic acids is 3. The van der Waals surface area contributed by atoms with Gasteiger partial charge in [-0.05, 0) is 30.2 Å². The van der Waals surface area contributed by atoms with Crippen molar-refractivity contribution >= 4 is 35.2 Å². The largest absolute Gasteiger partial charge is 0.453 e. The van der Waals surface area contributed by atoms with Gasteiger partial charge in [-0.25, -0.2) is 4.79 Å². The second kappa shape index (κ2) is 7.55. The first kappa shape index (κ1) is 19.5. The van der Waals surface area contributed by atoms with E-state index in [2.05, 4.69) is 0 Å². The predicted octanol–water partition coefficient (Wildman–Crippen LogP) is 3.13. The van der Waals surface area contributed by atoms with Crippen LogP contribution in [-0.4, -0.2) is 41.2 Å². The van der Waals surface area contributed by atoms with Crippen LogP contribution in [0.4, 0.5) is 5.69 Å². The summed E-state index contributed by atoms with van der Waals surface area (Å²) in [6.07, 6.45) is 0.662. The number of nitrogens with zero attached hydrogens (tertiary/aromatic N) is 2. The van der Waals surface area contributed by atoms with Crippen LogP contribution in [0.5, 0.6) is 0 Å². The van der Waals surface area contributed by atoms with E-state index in [9.17, 15) is 14.4 Å². The molecular weight excluding hydrogens is 388 g/mol. The molecule has 1 saturated heterocycles. The Balaban J connectivity index is 1.43. The third kappa shape index (κ3) is 3.40. The fraction of sp³-hybridized carbons (Fsp3) is 0.318. The van der Waals surface area contributed by atoms with Crippen molar-refractivity contribution in [2.24, 2.45) is 0 Å². The number of anilines is 1. The number of carbonyl (C=O) groups is 3. The van der Waals surface area contributed by atoms with E-state index in [0.717, 1.165) is 21.7 Å². The van der Waals surface area contributed by atoms with Crippen LogP contribution >= 0.6 is 11.8 Å². The molecule has 7 heteroatoms. The van der Waals surface area contributed by atoms with Crippen molar-refractivity contribution in [3.05, 3.63) is 59.7 Å². The van der Waals surface area contributed by atoms with E-state index in [1.807, 2.05) is 55.5 Å². The zero-order valence-corrected chi connectivity index (χ0v) is 17.2. The summed E-state index contributed by atoms with van der Waals surface area (Å²) in [4.78, 5) is 40.8. The van der Waals surface area contributed by atoms with E-state index in [0.29, 0.717) is 13.0 Å². The summed E-state index contributed by atoms with van der Waals surface area (Å²) in [5.74, 6) is -0.918. The molecule has 2 aliphatic heterocycles. The van der Waals surface area contributed by atoms with E-state index in [1.165, 1.54) is 16.7 Å². The minimum atomic E-state index is -1.10. The Hall–Kier alpha value is -2.80. The topological polar surface area (TPSA) is 66.9 Å². The van der Waals surface area contributed by atoms with Crippen molar-refractivity contribution in [3.8, 4) is 0 Å². The highest BCUT2D eigenvalue weighted by Crippen LogP contribution is 2.56. The molecule has 0 saturated carbocycles. The van der Waals surface area contributed by atoms with Crippen LogP contribution in [0.1, 0.15) is 24.0 Å². The zero-order valence-electron chi connectivity index (χ0n) is 16.4. The predicted molar refractivity (Wildman–Crippen MR) is 110 cm³/mol. The maximum absolute atomic E-state index is 13.0. The van der Waals surface area contributed by atoms with Gasteiger partial charge in [-0.15, -0.1) is 0 Å². The summed E-state index contributed by atoms with van der Waals surface area (Å²) in [6, 6.07) is 15.3. The first-order valence-corrected chi connectivity index (χ1v) is 10.3. The molecule has 0 radical (unpaired) electrons. The molecule has 2 aliphatic rings. The molecule has 29 heavy (non-hydrogen) atoms. The Labute approximate surface area is 173 Å². The number of fused-ring (bicyclic) bond motifs is 3. The Morgan fingerprint density at radius 2 is 1.90 bits per heavy atom. The number of likely N-dealkylation sites (N-methyl/N-ethyl adjacent to an activating group) is 1. The second-order valence-electron chi connectivity index (χ2n) is 7.34. The molecule has 0 bridgehead atoms. The summed E-state index contributed by atoms with van der Waals surface area (Å²) < 4.78 is 5.42. The van der Waals surface area contributed by atoms with Crippen LogP contribution in [0.15, 0.2) is 53.4 Å². The molecule has 1 atom stereocenters. The number of hydrogen-bond acceptors (Lipinski definition) is 5. The lowest BCUT2D eigenvalue weighted by Crippen LogP contribution is -2.48. The van der Waals surface area contributed by atoms with Gasteiger partial charge >= 0.3 is 5.97 Å². The number of aryl methyl sites for hydroxylation is 1. The Morgan fingerprint density at radius 1 is 1.17 bits per heavy atom. The summed E-state index contributed by atoms with van der Waals surface area (Å²) in [7, 11) is 1.69. The van der Waals surface area contributed by atoms with Crippen molar-refractivity contribution in [1.82, 2.24) is 4.90 Å². The zero-order chi connectivity index (χ0) is 20.6. The molecule has 0 spiro atoms. The molecule has 0 aliphatic carbocycles. The van der Waals surface area contributed by atoms with Crippen LogP contribution in [0.3, 0.4) is 0 Å². The Morgan fingerprint density at radius 3 is 2.69 bits per heavy atom. The molecule has 1 unspecified atom stereocenters. The highest BCUT2D eigenvalue weighted by molar-refractivity contribution is 8.02. The van der Waals surface area contributed by atoms with Gasteiger partial charge in [0.05, 0.1) is 5.69 Å². The molecule has 2 aromatic carbocycles. The van der Waals surface area contributed by atoms with E-state index < -0.39 is 10.8 Å². The maximum Gasteiger partial charge on any atom is 0.344 e. The maximum atomic E-state index is 13.0. The molecule has 150 valence electrons. The Bertz CT molecular complexity index is 992. The van der Waals surface area contributed by atoms with Gasteiger partial charge in [0.25, 0.3) is 5.91 Å². The molecular formula is C22H22N2O4S. The van der Waals surface area contributed by atoms with Crippen LogP contribution in [-0.2, 0) is 25.7 Å². The summed E-state index contributed by atoms with van der Waals surface area (Å²) >= 11 is 1.34. The number of esters is 1. The number of para-hydroxylation sites is 1. The van der Waals surface area contributed by atoms with Crippen LogP contribution in [0, 0.1) is 6.92 Å². The SMILES string of the molecule is Cc1ccccc1CN(C)C(=O)COC(=O)C12CCC(=O)N1c1ccccc1S2. The molecule has 2 aromatic rings. The van der Waals surface area contributed by atoms with E-state index >= 15 is 0 Å². The normalized spacial score (nSPS) is 19.7. The quantitative estimate of drug-likeness (QED) is 0.709. The molecule has 4 rings (SSSR count). The lowest BCUT2D eigenvalue weighted by molar-refractivity contribution is -0.153. The first-order chi connectivity index (χ1) is 13.9. The van der Waals surface area contributed by atoms with Crippen molar-refractivity contribution in [1.29, 1.82) is 0 Å². The molecule has 0 aromatic heterocycles. The average molecular weight is 410 g/mol. The highest BCUT2D eigenvalue weighted by Gasteiger charge is 2.58. The first-order valence-electron chi connectivity index (χ1n) is 9.49. The van der Waals surface area contributed by atoms with Gasteiger partial charge in [-0.3, -0.25) is 14.5 Å². The fourth-order valence-corrected chi connectivity index (χ4v) is 5.17. The van der Waals surface area contributed by atoms with E-state index in [-0.39, 0.29) is 24.8 Å². The van der Waals surface area contributed by atoms with Crippen molar-refractivity contribution < 1.29 is 19.1 Å².